The summed E-state index contributed by atoms with van der Waals surface area (Å²) in [6.45, 7) is 5.31. The van der Waals surface area contributed by atoms with Crippen molar-refractivity contribution in [2.45, 2.75) is 45.7 Å². The summed E-state index contributed by atoms with van der Waals surface area (Å²) >= 11 is 0. The molecule has 1 aliphatic heterocycles. The largest absolute Gasteiger partial charge is 0.335 e. The van der Waals surface area contributed by atoms with E-state index in [1.165, 1.54) is 5.56 Å². The van der Waals surface area contributed by atoms with Crippen LogP contribution in [0.4, 0.5) is 0 Å². The summed E-state index contributed by atoms with van der Waals surface area (Å²) in [5, 5.41) is 4.84. The van der Waals surface area contributed by atoms with Crippen molar-refractivity contribution in [2.24, 2.45) is 0 Å². The lowest BCUT2D eigenvalue weighted by Gasteiger charge is -2.27. The maximum atomic E-state index is 13.2. The number of aromatic nitrogens is 2. The van der Waals surface area contributed by atoms with E-state index in [0.29, 0.717) is 19.5 Å². The highest BCUT2D eigenvalue weighted by Gasteiger charge is 2.33. The highest BCUT2D eigenvalue weighted by molar-refractivity contribution is 7.91. The maximum absolute atomic E-state index is 13.2. The van der Waals surface area contributed by atoms with Crippen LogP contribution in [-0.4, -0.2) is 53.1 Å². The molecule has 1 fully saturated rings. The second kappa shape index (κ2) is 11.0. The third-order valence-electron chi connectivity index (χ3n) is 6.39. The van der Waals surface area contributed by atoms with Crippen LogP contribution in [0.15, 0.2) is 66.9 Å². The molecule has 35 heavy (non-hydrogen) atoms. The van der Waals surface area contributed by atoms with Gasteiger partial charge in [0.05, 0.1) is 23.7 Å². The fourth-order valence-corrected chi connectivity index (χ4v) is 6.16. The van der Waals surface area contributed by atoms with E-state index in [-0.39, 0.29) is 23.5 Å². The first-order chi connectivity index (χ1) is 16.8. The minimum absolute atomic E-state index is 0.0555. The van der Waals surface area contributed by atoms with Gasteiger partial charge in [-0.2, -0.15) is 5.10 Å². The van der Waals surface area contributed by atoms with Gasteiger partial charge in [0, 0.05) is 36.0 Å². The Morgan fingerprint density at radius 3 is 2.54 bits per heavy atom. The van der Waals surface area contributed by atoms with Gasteiger partial charge < -0.3 is 4.90 Å². The molecular formula is C28H33N3O3S. The normalized spacial score (nSPS) is 17.1. The predicted molar refractivity (Wildman–Crippen MR) is 141 cm³/mol. The molecule has 1 aromatic heterocycles. The van der Waals surface area contributed by atoms with Gasteiger partial charge in [0.15, 0.2) is 9.84 Å². The van der Waals surface area contributed by atoms with E-state index in [1.54, 1.807) is 11.0 Å². The molecule has 4 rings (SSSR count). The number of hydrogen-bond donors (Lipinski definition) is 0. The molecular weight excluding hydrogens is 458 g/mol. The molecule has 1 saturated heterocycles. The monoisotopic (exact) mass is 491 g/mol. The van der Waals surface area contributed by atoms with Crippen molar-refractivity contribution in [1.82, 2.24) is 14.7 Å². The number of aryl methyl sites for hydroxylation is 1. The lowest BCUT2D eigenvalue weighted by molar-refractivity contribution is -0.127. The zero-order valence-electron chi connectivity index (χ0n) is 20.4. The van der Waals surface area contributed by atoms with Crippen molar-refractivity contribution < 1.29 is 13.2 Å². The number of sulfone groups is 1. The Labute approximate surface area is 208 Å². The van der Waals surface area contributed by atoms with Crippen molar-refractivity contribution in [3.8, 4) is 11.3 Å². The summed E-state index contributed by atoms with van der Waals surface area (Å²) in [7, 11) is -3.07. The van der Waals surface area contributed by atoms with Gasteiger partial charge in [0.2, 0.25) is 5.91 Å². The van der Waals surface area contributed by atoms with Crippen LogP contribution < -0.4 is 0 Å². The van der Waals surface area contributed by atoms with E-state index in [2.05, 4.69) is 31.2 Å². The molecule has 1 aliphatic rings. The van der Waals surface area contributed by atoms with Gasteiger partial charge in [0.25, 0.3) is 0 Å². The van der Waals surface area contributed by atoms with Gasteiger partial charge in [-0.15, -0.1) is 0 Å². The number of unbranched alkanes of at least 4 members (excludes halogenated alkanes) is 1. The second-order valence-corrected chi connectivity index (χ2v) is 11.5. The Hall–Kier alpha value is -3.19. The molecule has 0 radical (unpaired) electrons. The summed E-state index contributed by atoms with van der Waals surface area (Å²) in [6.07, 6.45) is 7.64. The molecule has 1 atom stereocenters. The van der Waals surface area contributed by atoms with E-state index in [1.807, 2.05) is 54.2 Å². The first-order valence-corrected chi connectivity index (χ1v) is 14.0. The van der Waals surface area contributed by atoms with Crippen LogP contribution in [0, 0.1) is 6.92 Å². The Morgan fingerprint density at radius 1 is 1.14 bits per heavy atom. The molecule has 0 N–H and O–H groups in total. The zero-order chi connectivity index (χ0) is 24.8. The van der Waals surface area contributed by atoms with Crippen LogP contribution in [0.5, 0.6) is 0 Å². The highest BCUT2D eigenvalue weighted by Crippen LogP contribution is 2.25. The van der Waals surface area contributed by atoms with E-state index >= 15 is 0 Å². The number of rotatable bonds is 9. The van der Waals surface area contributed by atoms with Crippen molar-refractivity contribution in [2.75, 3.05) is 18.1 Å². The molecule has 0 aliphatic carbocycles. The van der Waals surface area contributed by atoms with Crippen LogP contribution >= 0.6 is 0 Å². The van der Waals surface area contributed by atoms with Gasteiger partial charge in [-0.05, 0) is 31.4 Å². The van der Waals surface area contributed by atoms with Crippen LogP contribution in [-0.2, 0) is 21.2 Å². The summed E-state index contributed by atoms with van der Waals surface area (Å²) in [5.41, 5.74) is 4.97. The van der Waals surface area contributed by atoms with E-state index in [9.17, 15) is 13.2 Å². The van der Waals surface area contributed by atoms with Crippen molar-refractivity contribution in [3.63, 3.8) is 0 Å². The van der Waals surface area contributed by atoms with Crippen LogP contribution in [0.25, 0.3) is 17.3 Å². The summed E-state index contributed by atoms with van der Waals surface area (Å²) in [4.78, 5) is 15.0. The summed E-state index contributed by atoms with van der Waals surface area (Å²) in [6, 6.07) is 18.1. The van der Waals surface area contributed by atoms with Crippen LogP contribution in [0.2, 0.25) is 0 Å². The topological polar surface area (TPSA) is 72.3 Å². The minimum atomic E-state index is -3.07. The predicted octanol–water partition coefficient (Wildman–Crippen LogP) is 4.74. The molecule has 3 aromatic rings. The smallest absolute Gasteiger partial charge is 0.246 e. The SMILES string of the molecule is CCCCN(C(=O)/C=C/c1cn(Cc2ccccc2)nc1-c1ccc(C)cc1)C1CCS(=O)(=O)C1. The molecule has 7 heteroatoms. The quantitative estimate of drug-likeness (QED) is 0.406. The Morgan fingerprint density at radius 2 is 1.89 bits per heavy atom. The number of nitrogens with zero attached hydrogens (tertiary/aromatic N) is 3. The Bertz CT molecular complexity index is 1280. The summed E-state index contributed by atoms with van der Waals surface area (Å²) < 4.78 is 26.0. The van der Waals surface area contributed by atoms with E-state index in [0.717, 1.165) is 35.2 Å². The minimum Gasteiger partial charge on any atom is -0.335 e. The van der Waals surface area contributed by atoms with Crippen LogP contribution in [0.3, 0.4) is 0 Å². The van der Waals surface area contributed by atoms with Crippen molar-refractivity contribution in [3.05, 3.63) is 83.6 Å². The van der Waals surface area contributed by atoms with Gasteiger partial charge in [-0.25, -0.2) is 8.42 Å². The molecule has 1 amide bonds. The molecule has 2 aromatic carbocycles. The standard InChI is InChI=1S/C28H33N3O3S/c1-3-4-17-31(26-16-18-35(33,34)21-26)27(32)15-14-25-20-30(19-23-8-6-5-7-9-23)29-28(25)24-12-10-22(2)11-13-24/h5-15,20,26H,3-4,16-19,21H2,1-2H3/b15-14+. The number of amides is 1. The first kappa shape index (κ1) is 24.9. The maximum Gasteiger partial charge on any atom is 0.246 e. The molecule has 1 unspecified atom stereocenters. The van der Waals surface area contributed by atoms with Crippen LogP contribution in [0.1, 0.15) is 42.9 Å². The lowest BCUT2D eigenvalue weighted by atomic mass is 10.1. The number of carbonyl (C=O) groups excluding carboxylic acids is 1. The molecule has 0 bridgehead atoms. The average molecular weight is 492 g/mol. The van der Waals surface area contributed by atoms with Gasteiger partial charge >= 0.3 is 0 Å². The lowest BCUT2D eigenvalue weighted by Crippen LogP contribution is -2.40. The summed E-state index contributed by atoms with van der Waals surface area (Å²) in [5.74, 6) is 0.0623. The first-order valence-electron chi connectivity index (χ1n) is 12.2. The number of carbonyl (C=O) groups is 1. The zero-order valence-corrected chi connectivity index (χ0v) is 21.2. The third kappa shape index (κ3) is 6.48. The van der Waals surface area contributed by atoms with Gasteiger partial charge in [-0.3, -0.25) is 9.48 Å². The van der Waals surface area contributed by atoms with E-state index < -0.39 is 9.84 Å². The van der Waals surface area contributed by atoms with E-state index in [4.69, 9.17) is 5.10 Å². The molecule has 6 nitrogen and oxygen atoms in total. The second-order valence-electron chi connectivity index (χ2n) is 9.26. The number of benzene rings is 2. The molecule has 0 spiro atoms. The fourth-order valence-electron chi connectivity index (χ4n) is 4.43. The third-order valence-corrected chi connectivity index (χ3v) is 8.14. The molecule has 0 saturated carbocycles. The van der Waals surface area contributed by atoms with Gasteiger partial charge in [-0.1, -0.05) is 73.5 Å². The molecule has 2 heterocycles. The Kier molecular flexibility index (Phi) is 7.86. The fraction of sp³-hybridized carbons (Fsp3) is 0.357. The highest BCUT2D eigenvalue weighted by atomic mass is 32.2. The van der Waals surface area contributed by atoms with Crippen molar-refractivity contribution in [1.29, 1.82) is 0 Å². The number of hydrogen-bond acceptors (Lipinski definition) is 4. The average Bonchev–Trinajstić information content (AvgIpc) is 3.41. The Balaban J connectivity index is 1.61. The van der Waals surface area contributed by atoms with Crippen molar-refractivity contribution >= 4 is 21.8 Å². The van der Waals surface area contributed by atoms with Gasteiger partial charge in [0.1, 0.15) is 0 Å². The molecule has 184 valence electrons.